The first kappa shape index (κ1) is 9.87. The summed E-state index contributed by atoms with van der Waals surface area (Å²) >= 11 is 3.46. The number of benzene rings is 1. The first-order valence-corrected chi connectivity index (χ1v) is 6.78. The predicted molar refractivity (Wildman–Crippen MR) is 65.3 cm³/mol. The van der Waals surface area contributed by atoms with Crippen molar-refractivity contribution in [3.05, 3.63) is 30.3 Å². The maximum absolute atomic E-state index is 4.55. The van der Waals surface area contributed by atoms with Crippen LogP contribution in [0.25, 0.3) is 10.9 Å². The van der Waals surface area contributed by atoms with Gasteiger partial charge in [0.2, 0.25) is 0 Å². The predicted octanol–water partition coefficient (Wildman–Crippen LogP) is 3.68. The van der Waals surface area contributed by atoms with Crippen LogP contribution in [0.1, 0.15) is 0 Å². The minimum absolute atomic E-state index is 1.09. The number of fused-ring (bicyclic) bond motifs is 1. The summed E-state index contributed by atoms with van der Waals surface area (Å²) in [6.07, 6.45) is 4.16. The maximum atomic E-state index is 4.55. The molecule has 2 aromatic rings. The lowest BCUT2D eigenvalue weighted by Crippen LogP contribution is -1.84. The Bertz CT molecular complexity index is 454. The second kappa shape index (κ2) is 4.24. The molecule has 0 aliphatic carbocycles. The summed E-state index contributed by atoms with van der Waals surface area (Å²) in [6, 6.07) is 10.4. The molecule has 0 atom stereocenters. The molecule has 1 nitrogen and oxygen atoms in total. The van der Waals surface area contributed by atoms with Crippen LogP contribution >= 0.6 is 23.5 Å². The molecule has 14 heavy (non-hydrogen) atoms. The minimum Gasteiger partial charge on any atom is -0.241 e. The third-order valence-corrected chi connectivity index (χ3v) is 3.49. The summed E-state index contributed by atoms with van der Waals surface area (Å²) < 4.78 is 0. The fourth-order valence-corrected chi connectivity index (χ4v) is 2.52. The summed E-state index contributed by atoms with van der Waals surface area (Å²) in [7, 11) is 0. The number of thioether (sulfide) groups is 2. The third kappa shape index (κ3) is 1.74. The van der Waals surface area contributed by atoms with Gasteiger partial charge in [0.25, 0.3) is 0 Å². The molecule has 0 aliphatic heterocycles. The van der Waals surface area contributed by atoms with E-state index in [-0.39, 0.29) is 0 Å². The molecule has 2 rings (SSSR count). The van der Waals surface area contributed by atoms with E-state index in [1.807, 2.05) is 6.07 Å². The molecule has 0 saturated heterocycles. The van der Waals surface area contributed by atoms with Gasteiger partial charge in [-0.15, -0.1) is 23.5 Å². The Balaban J connectivity index is 2.73. The van der Waals surface area contributed by atoms with Crippen molar-refractivity contribution in [3.8, 4) is 0 Å². The van der Waals surface area contributed by atoms with Gasteiger partial charge in [0.15, 0.2) is 0 Å². The normalized spacial score (nSPS) is 10.7. The van der Waals surface area contributed by atoms with Crippen molar-refractivity contribution in [2.45, 2.75) is 9.92 Å². The van der Waals surface area contributed by atoms with Crippen molar-refractivity contribution < 1.29 is 0 Å². The Morgan fingerprint density at radius 3 is 2.57 bits per heavy atom. The highest BCUT2D eigenvalue weighted by Gasteiger charge is 2.03. The third-order valence-electron chi connectivity index (χ3n) is 2.08. The van der Waals surface area contributed by atoms with Gasteiger partial charge in [0.1, 0.15) is 0 Å². The molecule has 0 aliphatic rings. The number of pyridine rings is 1. The largest absolute Gasteiger partial charge is 0.241 e. The Morgan fingerprint density at radius 1 is 1.07 bits per heavy atom. The van der Waals surface area contributed by atoms with Gasteiger partial charge in [-0.25, -0.2) is 4.98 Å². The Morgan fingerprint density at radius 2 is 1.86 bits per heavy atom. The van der Waals surface area contributed by atoms with Crippen molar-refractivity contribution in [2.75, 3.05) is 12.5 Å². The lowest BCUT2D eigenvalue weighted by molar-refractivity contribution is 1.16. The first-order valence-electron chi connectivity index (χ1n) is 4.33. The van der Waals surface area contributed by atoms with Gasteiger partial charge >= 0.3 is 0 Å². The van der Waals surface area contributed by atoms with Crippen LogP contribution < -0.4 is 0 Å². The van der Waals surface area contributed by atoms with Crippen LogP contribution in [0.5, 0.6) is 0 Å². The summed E-state index contributed by atoms with van der Waals surface area (Å²) in [6.45, 7) is 0. The van der Waals surface area contributed by atoms with E-state index in [0.29, 0.717) is 0 Å². The summed E-state index contributed by atoms with van der Waals surface area (Å²) in [5.74, 6) is 0. The molecule has 1 heterocycles. The fourth-order valence-electron chi connectivity index (χ4n) is 1.39. The number of aromatic nitrogens is 1. The number of hydrogen-bond acceptors (Lipinski definition) is 3. The van der Waals surface area contributed by atoms with Crippen LogP contribution in [-0.4, -0.2) is 17.5 Å². The van der Waals surface area contributed by atoms with E-state index in [9.17, 15) is 0 Å². The number of rotatable bonds is 2. The smallest absolute Gasteiger partial charge is 0.0976 e. The second-order valence-corrected chi connectivity index (χ2v) is 4.56. The van der Waals surface area contributed by atoms with E-state index >= 15 is 0 Å². The highest BCUT2D eigenvalue weighted by molar-refractivity contribution is 7.99. The van der Waals surface area contributed by atoms with Crippen molar-refractivity contribution in [2.24, 2.45) is 0 Å². The highest BCUT2D eigenvalue weighted by Crippen LogP contribution is 2.28. The lowest BCUT2D eigenvalue weighted by atomic mass is 10.2. The average molecular weight is 221 g/mol. The molecule has 1 aromatic heterocycles. The molecule has 0 unspecified atom stereocenters. The van der Waals surface area contributed by atoms with Crippen LogP contribution in [-0.2, 0) is 0 Å². The quantitative estimate of drug-likeness (QED) is 0.718. The van der Waals surface area contributed by atoms with Crippen LogP contribution in [0.4, 0.5) is 0 Å². The van der Waals surface area contributed by atoms with Gasteiger partial charge in [-0.2, -0.15) is 0 Å². The molecule has 0 N–H and O–H groups in total. The first-order chi connectivity index (χ1) is 6.85. The molecule has 0 saturated carbocycles. The average Bonchev–Trinajstić information content (AvgIpc) is 2.27. The van der Waals surface area contributed by atoms with Gasteiger partial charge in [-0.1, -0.05) is 18.2 Å². The fraction of sp³-hybridized carbons (Fsp3) is 0.182. The monoisotopic (exact) mass is 221 g/mol. The van der Waals surface area contributed by atoms with Crippen LogP contribution in [0.3, 0.4) is 0 Å². The van der Waals surface area contributed by atoms with E-state index < -0.39 is 0 Å². The van der Waals surface area contributed by atoms with Crippen molar-refractivity contribution >= 4 is 34.4 Å². The van der Waals surface area contributed by atoms with E-state index in [0.717, 1.165) is 10.5 Å². The van der Waals surface area contributed by atoms with Gasteiger partial charge in [0.05, 0.1) is 10.5 Å². The number of nitrogens with zero attached hydrogens (tertiary/aromatic N) is 1. The summed E-state index contributed by atoms with van der Waals surface area (Å²) in [4.78, 5) is 5.86. The minimum atomic E-state index is 1.09. The van der Waals surface area contributed by atoms with E-state index in [1.165, 1.54) is 10.3 Å². The zero-order valence-electron chi connectivity index (χ0n) is 8.15. The van der Waals surface area contributed by atoms with E-state index in [2.05, 4.69) is 41.8 Å². The van der Waals surface area contributed by atoms with E-state index in [4.69, 9.17) is 0 Å². The Kier molecular flexibility index (Phi) is 2.99. The molecule has 72 valence electrons. The molecule has 0 spiro atoms. The lowest BCUT2D eigenvalue weighted by Gasteiger charge is -2.05. The van der Waals surface area contributed by atoms with Gasteiger partial charge < -0.3 is 0 Å². The van der Waals surface area contributed by atoms with Gasteiger partial charge in [-0.05, 0) is 24.6 Å². The SMILES string of the molecule is CSc1cc(SC)c2ccccc2n1. The van der Waals surface area contributed by atoms with Crippen molar-refractivity contribution in [3.63, 3.8) is 0 Å². The molecule has 3 heteroatoms. The summed E-state index contributed by atoms with van der Waals surface area (Å²) in [5, 5.41) is 2.34. The van der Waals surface area contributed by atoms with Gasteiger partial charge in [-0.3, -0.25) is 0 Å². The van der Waals surface area contributed by atoms with Gasteiger partial charge in [0, 0.05) is 10.3 Å². The topological polar surface area (TPSA) is 12.9 Å². The Hall–Kier alpha value is -0.670. The second-order valence-electron chi connectivity index (χ2n) is 2.88. The van der Waals surface area contributed by atoms with E-state index in [1.54, 1.807) is 23.5 Å². The molecular formula is C11H11NS2. The molecule has 0 bridgehead atoms. The highest BCUT2D eigenvalue weighted by atomic mass is 32.2. The number of para-hydroxylation sites is 1. The van der Waals surface area contributed by atoms with Crippen LogP contribution in [0, 0.1) is 0 Å². The van der Waals surface area contributed by atoms with Crippen LogP contribution in [0.2, 0.25) is 0 Å². The Labute approximate surface area is 92.3 Å². The van der Waals surface area contributed by atoms with Crippen molar-refractivity contribution in [1.82, 2.24) is 4.98 Å². The zero-order valence-corrected chi connectivity index (χ0v) is 9.78. The molecule has 0 amide bonds. The molecule has 0 radical (unpaired) electrons. The van der Waals surface area contributed by atoms with Crippen molar-refractivity contribution in [1.29, 1.82) is 0 Å². The zero-order chi connectivity index (χ0) is 9.97. The molecule has 1 aromatic carbocycles. The van der Waals surface area contributed by atoms with Crippen LogP contribution in [0.15, 0.2) is 40.3 Å². The maximum Gasteiger partial charge on any atom is 0.0976 e. The molecule has 0 fully saturated rings. The standard InChI is InChI=1S/C11H11NS2/c1-13-10-7-11(14-2)12-9-6-4-3-5-8(9)10/h3-7H,1-2H3. The summed E-state index contributed by atoms with van der Waals surface area (Å²) in [5.41, 5.74) is 1.09. The number of hydrogen-bond donors (Lipinski definition) is 0. The molecular weight excluding hydrogens is 210 g/mol.